The summed E-state index contributed by atoms with van der Waals surface area (Å²) < 4.78 is 34.8. The molecule has 0 atom stereocenters. The van der Waals surface area contributed by atoms with E-state index in [1.54, 1.807) is 30.3 Å². The predicted molar refractivity (Wildman–Crippen MR) is 42.1 cm³/mol. The van der Waals surface area contributed by atoms with E-state index in [0.29, 0.717) is 5.69 Å². The van der Waals surface area contributed by atoms with Crippen LogP contribution in [-0.2, 0) is 4.84 Å². The lowest BCUT2D eigenvalue weighted by atomic mass is 10.3. The smallest absolute Gasteiger partial charge is 0.267 e. The van der Waals surface area contributed by atoms with Gasteiger partial charge in [-0.1, -0.05) is 18.2 Å². The summed E-state index contributed by atoms with van der Waals surface area (Å²) in [6.45, 7) is -1.30. The van der Waals surface area contributed by atoms with Crippen molar-refractivity contribution in [1.29, 1.82) is 0 Å². The van der Waals surface area contributed by atoms with Crippen LogP contribution < -0.4 is 5.48 Å². The fourth-order valence-corrected chi connectivity index (χ4v) is 0.707. The van der Waals surface area contributed by atoms with Gasteiger partial charge >= 0.3 is 6.18 Å². The summed E-state index contributed by atoms with van der Waals surface area (Å²) in [4.78, 5) is 4.21. The summed E-state index contributed by atoms with van der Waals surface area (Å²) in [6.07, 6.45) is -4.30. The number of nitrogens with one attached hydrogen (secondary N) is 1. The first kappa shape index (κ1) is 9.85. The lowest BCUT2D eigenvalue weighted by Gasteiger charge is -2.08. The minimum atomic E-state index is -4.30. The van der Waals surface area contributed by atoms with E-state index in [0.717, 1.165) is 0 Å². The van der Waals surface area contributed by atoms with Crippen LogP contribution >= 0.6 is 0 Å². The van der Waals surface area contributed by atoms with Gasteiger partial charge in [-0.2, -0.15) is 13.2 Å². The van der Waals surface area contributed by atoms with E-state index in [1.807, 2.05) is 0 Å². The molecule has 0 amide bonds. The highest BCUT2D eigenvalue weighted by atomic mass is 19.4. The van der Waals surface area contributed by atoms with Crippen molar-refractivity contribution in [2.24, 2.45) is 0 Å². The summed E-state index contributed by atoms with van der Waals surface area (Å²) in [5, 5.41) is 0. The Morgan fingerprint density at radius 3 is 2.31 bits per heavy atom. The second-order valence-corrected chi connectivity index (χ2v) is 2.37. The lowest BCUT2D eigenvalue weighted by Crippen LogP contribution is -2.19. The van der Waals surface area contributed by atoms with Crippen molar-refractivity contribution in [3.8, 4) is 0 Å². The third-order valence-corrected chi connectivity index (χ3v) is 1.20. The van der Waals surface area contributed by atoms with E-state index in [2.05, 4.69) is 10.3 Å². The van der Waals surface area contributed by atoms with Crippen LogP contribution in [0.3, 0.4) is 0 Å². The molecule has 0 radical (unpaired) electrons. The van der Waals surface area contributed by atoms with Crippen LogP contribution in [0.5, 0.6) is 0 Å². The Balaban J connectivity index is 2.29. The first-order valence-corrected chi connectivity index (χ1v) is 3.57. The maximum Gasteiger partial charge on any atom is 0.414 e. The molecule has 1 rings (SSSR count). The Kier molecular flexibility index (Phi) is 3.13. The number of alkyl halides is 3. The van der Waals surface area contributed by atoms with Gasteiger partial charge in [0, 0.05) is 0 Å². The zero-order chi connectivity index (χ0) is 9.73. The van der Waals surface area contributed by atoms with Gasteiger partial charge in [0.05, 0.1) is 5.69 Å². The first-order chi connectivity index (χ1) is 6.08. The number of hydrogen-bond acceptors (Lipinski definition) is 2. The lowest BCUT2D eigenvalue weighted by molar-refractivity contribution is -0.167. The molecule has 0 heterocycles. The van der Waals surface area contributed by atoms with Crippen molar-refractivity contribution in [3.63, 3.8) is 0 Å². The van der Waals surface area contributed by atoms with E-state index in [-0.39, 0.29) is 0 Å². The van der Waals surface area contributed by atoms with Gasteiger partial charge in [-0.15, -0.1) is 0 Å². The van der Waals surface area contributed by atoms with Gasteiger partial charge in [0.1, 0.15) is 0 Å². The molecule has 1 N–H and O–H groups in total. The normalized spacial score (nSPS) is 11.3. The Morgan fingerprint density at radius 2 is 1.77 bits per heavy atom. The third kappa shape index (κ3) is 4.37. The number of anilines is 1. The molecule has 0 unspecified atom stereocenters. The van der Waals surface area contributed by atoms with Crippen molar-refractivity contribution < 1.29 is 18.0 Å². The maximum absolute atomic E-state index is 11.6. The quantitative estimate of drug-likeness (QED) is 0.741. The highest BCUT2D eigenvalue weighted by Crippen LogP contribution is 2.15. The average Bonchev–Trinajstić information content (AvgIpc) is 2.04. The molecule has 0 aliphatic heterocycles. The molecule has 0 bridgehead atoms. The Bertz CT molecular complexity index is 247. The molecule has 13 heavy (non-hydrogen) atoms. The highest BCUT2D eigenvalue weighted by Gasteiger charge is 2.27. The van der Waals surface area contributed by atoms with Gasteiger partial charge in [-0.25, -0.2) is 0 Å². The number of hydrogen-bond donors (Lipinski definition) is 1. The number of para-hydroxylation sites is 1. The largest absolute Gasteiger partial charge is 0.414 e. The minimum absolute atomic E-state index is 0.492. The standard InChI is InChI=1S/C8H8F3NO/c9-8(10,11)6-13-12-7-4-2-1-3-5-7/h1-5,12H,6H2. The van der Waals surface area contributed by atoms with Crippen LogP contribution in [0.4, 0.5) is 18.9 Å². The Hall–Kier alpha value is -1.23. The van der Waals surface area contributed by atoms with Crippen LogP contribution in [0.15, 0.2) is 30.3 Å². The van der Waals surface area contributed by atoms with Crippen LogP contribution in [0.25, 0.3) is 0 Å². The fraction of sp³-hybridized carbons (Fsp3) is 0.250. The number of halogens is 3. The van der Waals surface area contributed by atoms with Gasteiger partial charge in [-0.05, 0) is 12.1 Å². The average molecular weight is 191 g/mol. The monoisotopic (exact) mass is 191 g/mol. The topological polar surface area (TPSA) is 21.3 Å². The predicted octanol–water partition coefficient (Wildman–Crippen LogP) is 2.59. The van der Waals surface area contributed by atoms with Crippen LogP contribution in [0.2, 0.25) is 0 Å². The molecule has 5 heteroatoms. The zero-order valence-electron chi connectivity index (χ0n) is 6.64. The van der Waals surface area contributed by atoms with Gasteiger partial charge in [0.15, 0.2) is 6.61 Å². The summed E-state index contributed by atoms with van der Waals surface area (Å²) in [5.41, 5.74) is 2.67. The molecule has 72 valence electrons. The molecular formula is C8H8F3NO. The number of rotatable bonds is 3. The molecule has 0 aliphatic carbocycles. The summed E-state index contributed by atoms with van der Waals surface area (Å²) in [6, 6.07) is 8.36. The van der Waals surface area contributed by atoms with Crippen molar-refractivity contribution in [3.05, 3.63) is 30.3 Å². The molecule has 1 aromatic carbocycles. The molecule has 2 nitrogen and oxygen atoms in total. The van der Waals surface area contributed by atoms with Crippen molar-refractivity contribution in [1.82, 2.24) is 0 Å². The van der Waals surface area contributed by atoms with Crippen molar-refractivity contribution in [2.45, 2.75) is 6.18 Å². The fourth-order valence-electron chi connectivity index (χ4n) is 0.707. The molecule has 0 aromatic heterocycles. The molecule has 0 saturated heterocycles. The van der Waals surface area contributed by atoms with Crippen molar-refractivity contribution in [2.75, 3.05) is 12.1 Å². The third-order valence-electron chi connectivity index (χ3n) is 1.20. The molecular weight excluding hydrogens is 183 g/mol. The van der Waals surface area contributed by atoms with E-state index in [1.165, 1.54) is 0 Å². The van der Waals surface area contributed by atoms with Gasteiger partial charge in [0.2, 0.25) is 0 Å². The van der Waals surface area contributed by atoms with Gasteiger partial charge in [-0.3, -0.25) is 10.3 Å². The Labute approximate surface area is 73.3 Å². The second kappa shape index (κ2) is 4.13. The molecule has 0 aliphatic rings. The zero-order valence-corrected chi connectivity index (χ0v) is 6.64. The minimum Gasteiger partial charge on any atom is -0.267 e. The summed E-state index contributed by atoms with van der Waals surface area (Å²) in [7, 11) is 0. The van der Waals surface area contributed by atoms with Crippen LogP contribution in [-0.4, -0.2) is 12.8 Å². The second-order valence-electron chi connectivity index (χ2n) is 2.37. The summed E-state index contributed by atoms with van der Waals surface area (Å²) >= 11 is 0. The maximum atomic E-state index is 11.6. The van der Waals surface area contributed by atoms with Crippen LogP contribution in [0, 0.1) is 0 Å². The van der Waals surface area contributed by atoms with E-state index in [4.69, 9.17) is 0 Å². The molecule has 0 saturated carbocycles. The molecule has 0 spiro atoms. The SMILES string of the molecule is FC(F)(F)CONc1ccccc1. The van der Waals surface area contributed by atoms with Gasteiger partial charge in [0.25, 0.3) is 0 Å². The van der Waals surface area contributed by atoms with E-state index >= 15 is 0 Å². The van der Waals surface area contributed by atoms with Crippen LogP contribution in [0.1, 0.15) is 0 Å². The van der Waals surface area contributed by atoms with E-state index < -0.39 is 12.8 Å². The first-order valence-electron chi connectivity index (χ1n) is 3.57. The molecule has 0 fully saturated rings. The Morgan fingerprint density at radius 1 is 1.15 bits per heavy atom. The highest BCUT2D eigenvalue weighted by molar-refractivity contribution is 5.39. The van der Waals surface area contributed by atoms with E-state index in [9.17, 15) is 13.2 Å². The van der Waals surface area contributed by atoms with Crippen molar-refractivity contribution >= 4 is 5.69 Å². The number of benzene rings is 1. The summed E-state index contributed by atoms with van der Waals surface area (Å²) in [5.74, 6) is 0. The molecule has 1 aromatic rings. The van der Waals surface area contributed by atoms with Gasteiger partial charge < -0.3 is 0 Å².